The summed E-state index contributed by atoms with van der Waals surface area (Å²) in [6, 6.07) is 0. The van der Waals surface area contributed by atoms with Crippen molar-refractivity contribution in [2.24, 2.45) is 0 Å². The molecule has 0 saturated carbocycles. The predicted molar refractivity (Wildman–Crippen MR) is 50.7 cm³/mol. The fourth-order valence-corrected chi connectivity index (χ4v) is 0.901. The molecule has 1 atom stereocenters. The van der Waals surface area contributed by atoms with Crippen molar-refractivity contribution in [3.05, 3.63) is 12.0 Å². The summed E-state index contributed by atoms with van der Waals surface area (Å²) >= 11 is 0. The summed E-state index contributed by atoms with van der Waals surface area (Å²) in [7, 11) is 0. The summed E-state index contributed by atoms with van der Waals surface area (Å²) in [5.74, 6) is -0.390. The summed E-state index contributed by atoms with van der Waals surface area (Å²) in [4.78, 5) is 11.4. The molecular formula is C9H15NO5. The first-order valence-corrected chi connectivity index (χ1v) is 4.61. The van der Waals surface area contributed by atoms with Gasteiger partial charge in [-0.25, -0.2) is 0 Å². The lowest BCUT2D eigenvalue weighted by Gasteiger charge is -2.21. The molecule has 0 radical (unpaired) electrons. The molecule has 1 heterocycles. The van der Waals surface area contributed by atoms with E-state index in [1.54, 1.807) is 0 Å². The summed E-state index contributed by atoms with van der Waals surface area (Å²) in [6.45, 7) is 1.69. The number of amides is 1. The fourth-order valence-electron chi connectivity index (χ4n) is 0.901. The van der Waals surface area contributed by atoms with Crippen LogP contribution in [0.4, 0.5) is 0 Å². The molecule has 15 heavy (non-hydrogen) atoms. The molecule has 1 aliphatic rings. The highest BCUT2D eigenvalue weighted by Gasteiger charge is 2.22. The van der Waals surface area contributed by atoms with Crippen molar-refractivity contribution in [3.8, 4) is 0 Å². The Hall–Kier alpha value is -1.27. The molecular weight excluding hydrogens is 202 g/mol. The molecule has 0 aromatic heterocycles. The number of carbonyl (C=O) groups is 1. The number of rotatable bonds is 4. The Morgan fingerprint density at radius 1 is 1.67 bits per heavy atom. The molecule has 6 heteroatoms. The Bertz CT molecular complexity index is 261. The second-order valence-electron chi connectivity index (χ2n) is 3.54. The predicted octanol–water partition coefficient (Wildman–Crippen LogP) is -1.27. The Kier molecular flexibility index (Phi) is 3.93. The SMILES string of the molecule is CC(O)(CO)CNC(=O)C1=COCCO1. The van der Waals surface area contributed by atoms with E-state index >= 15 is 0 Å². The number of carbonyl (C=O) groups excluding carboxylic acids is 1. The maximum absolute atomic E-state index is 11.4. The molecule has 0 aromatic carbocycles. The van der Waals surface area contributed by atoms with E-state index in [9.17, 15) is 9.90 Å². The Balaban J connectivity index is 2.39. The second kappa shape index (κ2) is 4.99. The zero-order chi connectivity index (χ0) is 11.3. The van der Waals surface area contributed by atoms with Crippen LogP contribution in [0.25, 0.3) is 0 Å². The molecule has 0 saturated heterocycles. The van der Waals surface area contributed by atoms with Crippen molar-refractivity contribution < 1.29 is 24.5 Å². The quantitative estimate of drug-likeness (QED) is 0.546. The van der Waals surface area contributed by atoms with E-state index in [1.165, 1.54) is 13.2 Å². The lowest BCUT2D eigenvalue weighted by Crippen LogP contribution is -2.44. The maximum atomic E-state index is 11.4. The Morgan fingerprint density at radius 3 is 2.93 bits per heavy atom. The number of hydrogen-bond acceptors (Lipinski definition) is 5. The van der Waals surface area contributed by atoms with Crippen molar-refractivity contribution in [1.82, 2.24) is 5.32 Å². The average Bonchev–Trinajstić information content (AvgIpc) is 2.27. The van der Waals surface area contributed by atoms with E-state index in [1.807, 2.05) is 0 Å². The van der Waals surface area contributed by atoms with Gasteiger partial charge in [0.15, 0.2) is 0 Å². The van der Waals surface area contributed by atoms with Gasteiger partial charge in [-0.15, -0.1) is 0 Å². The van der Waals surface area contributed by atoms with E-state index in [-0.39, 0.29) is 12.3 Å². The van der Waals surface area contributed by atoms with Crippen LogP contribution in [0.3, 0.4) is 0 Å². The molecule has 86 valence electrons. The first-order valence-electron chi connectivity index (χ1n) is 4.61. The van der Waals surface area contributed by atoms with Crippen molar-refractivity contribution in [2.45, 2.75) is 12.5 Å². The van der Waals surface area contributed by atoms with Gasteiger partial charge >= 0.3 is 0 Å². The lowest BCUT2D eigenvalue weighted by atomic mass is 10.1. The molecule has 0 bridgehead atoms. The molecule has 1 amide bonds. The van der Waals surface area contributed by atoms with Crippen LogP contribution in [-0.2, 0) is 14.3 Å². The van der Waals surface area contributed by atoms with Crippen LogP contribution in [0.1, 0.15) is 6.92 Å². The minimum atomic E-state index is -1.33. The average molecular weight is 217 g/mol. The highest BCUT2D eigenvalue weighted by molar-refractivity contribution is 5.91. The van der Waals surface area contributed by atoms with Crippen molar-refractivity contribution >= 4 is 5.91 Å². The first-order chi connectivity index (χ1) is 7.05. The van der Waals surface area contributed by atoms with E-state index in [0.29, 0.717) is 13.2 Å². The van der Waals surface area contributed by atoms with E-state index in [0.717, 1.165) is 0 Å². The maximum Gasteiger partial charge on any atom is 0.289 e. The van der Waals surface area contributed by atoms with Crippen LogP contribution in [0.5, 0.6) is 0 Å². The van der Waals surface area contributed by atoms with Crippen molar-refractivity contribution in [3.63, 3.8) is 0 Å². The highest BCUT2D eigenvalue weighted by atomic mass is 16.6. The van der Waals surface area contributed by atoms with Crippen LogP contribution >= 0.6 is 0 Å². The lowest BCUT2D eigenvalue weighted by molar-refractivity contribution is -0.123. The largest absolute Gasteiger partial charge is 0.494 e. The number of aliphatic hydroxyl groups is 2. The number of ether oxygens (including phenoxy) is 2. The minimum Gasteiger partial charge on any atom is -0.494 e. The van der Waals surface area contributed by atoms with Gasteiger partial charge in [-0.1, -0.05) is 0 Å². The van der Waals surface area contributed by atoms with Crippen LogP contribution in [0, 0.1) is 0 Å². The Labute approximate surface area is 87.5 Å². The smallest absolute Gasteiger partial charge is 0.289 e. The molecule has 6 nitrogen and oxygen atoms in total. The van der Waals surface area contributed by atoms with Crippen molar-refractivity contribution in [2.75, 3.05) is 26.4 Å². The molecule has 0 spiro atoms. The van der Waals surface area contributed by atoms with Gasteiger partial charge < -0.3 is 25.0 Å². The second-order valence-corrected chi connectivity index (χ2v) is 3.54. The fraction of sp³-hybridized carbons (Fsp3) is 0.667. The monoisotopic (exact) mass is 217 g/mol. The normalized spacial score (nSPS) is 19.3. The minimum absolute atomic E-state index is 0.0525. The van der Waals surface area contributed by atoms with Gasteiger partial charge in [-0.3, -0.25) is 4.79 Å². The molecule has 0 aromatic rings. The zero-order valence-electron chi connectivity index (χ0n) is 8.52. The van der Waals surface area contributed by atoms with E-state index in [4.69, 9.17) is 14.6 Å². The topological polar surface area (TPSA) is 88.0 Å². The van der Waals surface area contributed by atoms with Crippen LogP contribution < -0.4 is 5.32 Å². The van der Waals surface area contributed by atoms with E-state index < -0.39 is 18.1 Å². The van der Waals surface area contributed by atoms with Gasteiger partial charge in [0.05, 0.1) is 6.61 Å². The molecule has 0 aliphatic carbocycles. The van der Waals surface area contributed by atoms with Gasteiger partial charge in [-0.2, -0.15) is 0 Å². The van der Waals surface area contributed by atoms with Crippen LogP contribution in [-0.4, -0.2) is 48.1 Å². The van der Waals surface area contributed by atoms with Gasteiger partial charge in [0, 0.05) is 6.54 Å². The standard InChI is InChI=1S/C9H15NO5/c1-9(13,6-11)5-10-8(12)7-4-14-2-3-15-7/h4,11,13H,2-3,5-6H2,1H3,(H,10,12). The number of hydrogen-bond donors (Lipinski definition) is 3. The summed E-state index contributed by atoms with van der Waals surface area (Å²) in [5, 5.41) is 20.6. The van der Waals surface area contributed by atoms with Crippen LogP contribution in [0.15, 0.2) is 12.0 Å². The molecule has 0 fully saturated rings. The molecule has 1 unspecified atom stereocenters. The van der Waals surface area contributed by atoms with Gasteiger partial charge in [0.25, 0.3) is 5.91 Å². The van der Waals surface area contributed by atoms with E-state index in [2.05, 4.69) is 5.32 Å². The highest BCUT2D eigenvalue weighted by Crippen LogP contribution is 2.05. The zero-order valence-corrected chi connectivity index (χ0v) is 8.52. The summed E-state index contributed by atoms with van der Waals surface area (Å²) < 4.78 is 9.92. The summed E-state index contributed by atoms with van der Waals surface area (Å²) in [5.41, 5.74) is -1.33. The van der Waals surface area contributed by atoms with Gasteiger partial charge in [0.2, 0.25) is 5.76 Å². The van der Waals surface area contributed by atoms with Gasteiger partial charge in [0.1, 0.15) is 25.1 Å². The molecule has 1 aliphatic heterocycles. The third kappa shape index (κ3) is 3.77. The Morgan fingerprint density at radius 2 is 2.40 bits per heavy atom. The van der Waals surface area contributed by atoms with Crippen molar-refractivity contribution in [1.29, 1.82) is 0 Å². The third-order valence-electron chi connectivity index (χ3n) is 1.84. The summed E-state index contributed by atoms with van der Waals surface area (Å²) in [6.07, 6.45) is 1.23. The van der Waals surface area contributed by atoms with Crippen LogP contribution in [0.2, 0.25) is 0 Å². The molecule has 1 rings (SSSR count). The number of nitrogens with one attached hydrogen (secondary N) is 1. The van der Waals surface area contributed by atoms with Gasteiger partial charge in [-0.05, 0) is 6.92 Å². The third-order valence-corrected chi connectivity index (χ3v) is 1.84. The molecule has 3 N–H and O–H groups in total. The number of aliphatic hydroxyl groups excluding tert-OH is 1. The first kappa shape index (κ1) is 11.8.